The molecule has 0 unspecified atom stereocenters. The van der Waals surface area contributed by atoms with Crippen LogP contribution in [0.4, 0.5) is 5.82 Å². The molecule has 1 N–H and O–H groups in total. The van der Waals surface area contributed by atoms with E-state index in [0.717, 1.165) is 0 Å². The van der Waals surface area contributed by atoms with Crippen molar-refractivity contribution in [3.05, 3.63) is 24.6 Å². The Labute approximate surface area is 56.6 Å². The van der Waals surface area contributed by atoms with Crippen LogP contribution in [0.2, 0.25) is 0 Å². The second-order valence-corrected chi connectivity index (χ2v) is 1.91. The number of nitrogens with zero attached hydrogens (tertiary/aromatic N) is 2. The van der Waals surface area contributed by atoms with E-state index in [1.165, 1.54) is 0 Å². The fourth-order valence-corrected chi connectivity index (χ4v) is 0.917. The number of rotatable bonds is 1. The van der Waals surface area contributed by atoms with Crippen LogP contribution in [0.3, 0.4) is 0 Å². The summed E-state index contributed by atoms with van der Waals surface area (Å²) in [5, 5.41) is 3.28. The van der Waals surface area contributed by atoms with Gasteiger partial charge in [0.15, 0.2) is 5.82 Å². The quantitative estimate of drug-likeness (QED) is 0.598. The molecular formula is C6H5N3O. The molecule has 0 aromatic carbocycles. The zero-order chi connectivity index (χ0) is 6.97. The van der Waals surface area contributed by atoms with Gasteiger partial charge in [0.05, 0.1) is 0 Å². The van der Waals surface area contributed by atoms with Crippen LogP contribution in [-0.4, -0.2) is 4.40 Å². The fourth-order valence-electron chi connectivity index (χ4n) is 0.917. The molecule has 2 aromatic rings. The fraction of sp³-hybridized carbons (Fsp3) is 0. The van der Waals surface area contributed by atoms with E-state index in [0.29, 0.717) is 11.5 Å². The molecule has 0 amide bonds. The Balaban J connectivity index is 2.88. The largest absolute Gasteiger partial charge is 0.447 e. The average Bonchev–Trinajstić information content (AvgIpc) is 2.44. The molecule has 2 aromatic heterocycles. The molecule has 0 saturated carbocycles. The van der Waals surface area contributed by atoms with Gasteiger partial charge < -0.3 is 4.42 Å². The maximum atomic E-state index is 6.74. The zero-order valence-corrected chi connectivity index (χ0v) is 5.11. The number of oxazole rings is 1. The number of fused-ring (bicyclic) bond motifs is 1. The van der Waals surface area contributed by atoms with Crippen molar-refractivity contribution in [2.45, 2.75) is 0 Å². The van der Waals surface area contributed by atoms with Crippen LogP contribution in [0, 0.1) is 5.53 Å². The summed E-state index contributed by atoms with van der Waals surface area (Å²) in [6, 6.07) is 3.50. The molecule has 0 saturated heterocycles. The van der Waals surface area contributed by atoms with E-state index < -0.39 is 0 Å². The molecular weight excluding hydrogens is 130 g/mol. The van der Waals surface area contributed by atoms with Gasteiger partial charge in [-0.2, -0.15) is 0 Å². The normalized spacial score (nSPS) is 10.4. The van der Waals surface area contributed by atoms with Crippen molar-refractivity contribution in [3.8, 4) is 0 Å². The first-order chi connectivity index (χ1) is 4.92. The summed E-state index contributed by atoms with van der Waals surface area (Å²) >= 11 is 0. The van der Waals surface area contributed by atoms with Gasteiger partial charge in [-0.05, 0) is 6.07 Å². The zero-order valence-electron chi connectivity index (χ0n) is 5.11. The highest BCUT2D eigenvalue weighted by Crippen LogP contribution is 2.17. The summed E-state index contributed by atoms with van der Waals surface area (Å²) in [6.45, 7) is 0. The van der Waals surface area contributed by atoms with E-state index in [1.807, 2.05) is 0 Å². The lowest BCUT2D eigenvalue weighted by atomic mass is 10.6. The third-order valence-corrected chi connectivity index (χ3v) is 1.37. The van der Waals surface area contributed by atoms with E-state index in [-0.39, 0.29) is 0 Å². The van der Waals surface area contributed by atoms with Crippen LogP contribution in [0.1, 0.15) is 0 Å². The molecule has 4 heteroatoms. The highest BCUT2D eigenvalue weighted by Gasteiger charge is 1.99. The molecule has 0 atom stereocenters. The van der Waals surface area contributed by atoms with Crippen LogP contribution in [0.25, 0.3) is 5.71 Å². The first-order valence-corrected chi connectivity index (χ1v) is 2.84. The molecule has 4 nitrogen and oxygen atoms in total. The first kappa shape index (κ1) is 5.22. The van der Waals surface area contributed by atoms with Gasteiger partial charge in [0, 0.05) is 12.3 Å². The summed E-state index contributed by atoms with van der Waals surface area (Å²) in [6.07, 6.45) is 3.28. The second kappa shape index (κ2) is 1.70. The van der Waals surface area contributed by atoms with Gasteiger partial charge in [0.25, 0.3) is 0 Å². The Morgan fingerprint density at radius 3 is 3.20 bits per heavy atom. The Morgan fingerprint density at radius 2 is 2.40 bits per heavy atom. The monoisotopic (exact) mass is 135 g/mol. The van der Waals surface area contributed by atoms with Crippen molar-refractivity contribution < 1.29 is 4.42 Å². The Kier molecular flexibility index (Phi) is 0.887. The molecule has 10 heavy (non-hydrogen) atoms. The van der Waals surface area contributed by atoms with Gasteiger partial charge in [0.2, 0.25) is 5.71 Å². The molecule has 0 fully saturated rings. The topological polar surface area (TPSA) is 53.8 Å². The highest BCUT2D eigenvalue weighted by atomic mass is 16.3. The number of hydrogen-bond donors (Lipinski definition) is 1. The average molecular weight is 135 g/mol. The van der Waals surface area contributed by atoms with Crippen molar-refractivity contribution in [3.63, 3.8) is 0 Å². The van der Waals surface area contributed by atoms with Gasteiger partial charge in [0.1, 0.15) is 6.26 Å². The molecule has 50 valence electrons. The lowest BCUT2D eigenvalue weighted by Crippen LogP contribution is -1.70. The minimum absolute atomic E-state index is 0.587. The predicted octanol–water partition coefficient (Wildman–Crippen LogP) is 2.19. The maximum Gasteiger partial charge on any atom is 0.205 e. The van der Waals surface area contributed by atoms with Crippen molar-refractivity contribution in [1.82, 2.24) is 4.40 Å². The van der Waals surface area contributed by atoms with Crippen LogP contribution in [0.5, 0.6) is 0 Å². The smallest absolute Gasteiger partial charge is 0.205 e. The molecule has 0 aliphatic heterocycles. The van der Waals surface area contributed by atoms with E-state index >= 15 is 0 Å². The Bertz CT molecular complexity index is 360. The summed E-state index contributed by atoms with van der Waals surface area (Å²) < 4.78 is 6.72. The maximum absolute atomic E-state index is 6.74. The molecule has 2 heterocycles. The molecule has 0 bridgehead atoms. The standard InChI is InChI=1S/C6H5N3O/c7-8-5-1-2-6-9(5)3-4-10-6/h1-4,7H. The minimum Gasteiger partial charge on any atom is -0.447 e. The molecule has 0 aliphatic carbocycles. The van der Waals surface area contributed by atoms with Crippen LogP contribution >= 0.6 is 0 Å². The van der Waals surface area contributed by atoms with Crippen molar-refractivity contribution in [1.29, 1.82) is 5.53 Å². The second-order valence-electron chi connectivity index (χ2n) is 1.91. The van der Waals surface area contributed by atoms with Gasteiger partial charge in [-0.25, -0.2) is 5.53 Å². The minimum atomic E-state index is 0.587. The molecule has 0 spiro atoms. The lowest BCUT2D eigenvalue weighted by molar-refractivity contribution is 0.608. The highest BCUT2D eigenvalue weighted by molar-refractivity contribution is 5.46. The van der Waals surface area contributed by atoms with Gasteiger partial charge in [-0.15, -0.1) is 5.11 Å². The summed E-state index contributed by atoms with van der Waals surface area (Å²) in [5.74, 6) is 0.587. The van der Waals surface area contributed by atoms with Crippen molar-refractivity contribution in [2.24, 2.45) is 5.11 Å². The van der Waals surface area contributed by atoms with Crippen LogP contribution in [0.15, 0.2) is 34.1 Å². The van der Waals surface area contributed by atoms with E-state index in [4.69, 9.17) is 9.95 Å². The predicted molar refractivity (Wildman–Crippen MR) is 34.5 cm³/mol. The number of nitrogens with one attached hydrogen (secondary N) is 1. The van der Waals surface area contributed by atoms with Gasteiger partial charge in [-0.3, -0.25) is 4.40 Å². The molecule has 2 rings (SSSR count). The molecule has 0 aliphatic rings. The number of aromatic nitrogens is 1. The van der Waals surface area contributed by atoms with Crippen LogP contribution < -0.4 is 0 Å². The van der Waals surface area contributed by atoms with E-state index in [9.17, 15) is 0 Å². The number of hydrogen-bond acceptors (Lipinski definition) is 3. The van der Waals surface area contributed by atoms with Gasteiger partial charge in [-0.1, -0.05) is 0 Å². The third kappa shape index (κ3) is 0.500. The third-order valence-electron chi connectivity index (χ3n) is 1.37. The first-order valence-electron chi connectivity index (χ1n) is 2.84. The van der Waals surface area contributed by atoms with E-state index in [1.54, 1.807) is 29.0 Å². The van der Waals surface area contributed by atoms with Crippen molar-refractivity contribution in [2.75, 3.05) is 0 Å². The Morgan fingerprint density at radius 1 is 1.50 bits per heavy atom. The molecule has 0 radical (unpaired) electrons. The van der Waals surface area contributed by atoms with E-state index in [2.05, 4.69) is 5.11 Å². The van der Waals surface area contributed by atoms with Crippen LogP contribution in [-0.2, 0) is 0 Å². The van der Waals surface area contributed by atoms with Gasteiger partial charge >= 0.3 is 0 Å². The van der Waals surface area contributed by atoms with Crippen molar-refractivity contribution >= 4 is 11.5 Å². The summed E-state index contributed by atoms with van der Waals surface area (Å²) in [5.41, 5.74) is 7.46. The summed E-state index contributed by atoms with van der Waals surface area (Å²) in [7, 11) is 0. The lowest BCUT2D eigenvalue weighted by Gasteiger charge is -1.82. The summed E-state index contributed by atoms with van der Waals surface area (Å²) in [4.78, 5) is 0. The Hall–Kier alpha value is -1.58. The SMILES string of the molecule is N=Nc1ccc2occn12.